The van der Waals surface area contributed by atoms with Crippen molar-refractivity contribution in [3.8, 4) is 6.07 Å². The molecule has 0 aliphatic rings. The molecule has 0 fully saturated rings. The number of aromatic nitrogens is 1. The molecule has 15 heavy (non-hydrogen) atoms. The molecule has 5 heteroatoms. The molecule has 5 nitrogen and oxygen atoms in total. The summed E-state index contributed by atoms with van der Waals surface area (Å²) in [6.45, 7) is 5.98. The Bertz CT molecular complexity index is 396. The highest BCUT2D eigenvalue weighted by Gasteiger charge is 2.19. The first-order valence-corrected chi connectivity index (χ1v) is 4.57. The van der Waals surface area contributed by atoms with Gasteiger partial charge in [-0.15, -0.1) is 0 Å². The van der Waals surface area contributed by atoms with E-state index in [1.807, 2.05) is 20.8 Å². The number of nitrogens with zero attached hydrogens (tertiary/aromatic N) is 2. The number of nitrogens with one attached hydrogen (secondary N) is 1. The SMILES string of the molecule is CC(C)(C)c1cc(NC(=O)CC#N)on1. The van der Waals surface area contributed by atoms with Gasteiger partial charge >= 0.3 is 0 Å². The number of carbonyl (C=O) groups excluding carboxylic acids is 1. The second kappa shape index (κ2) is 4.13. The molecular formula is C10H13N3O2. The Morgan fingerprint density at radius 1 is 1.67 bits per heavy atom. The van der Waals surface area contributed by atoms with Crippen LogP contribution in [-0.2, 0) is 10.2 Å². The topological polar surface area (TPSA) is 78.9 Å². The zero-order chi connectivity index (χ0) is 11.5. The maximum Gasteiger partial charge on any atom is 0.240 e. The van der Waals surface area contributed by atoms with Crippen molar-refractivity contribution in [2.45, 2.75) is 32.6 Å². The van der Waals surface area contributed by atoms with Crippen LogP contribution in [0.5, 0.6) is 0 Å². The fourth-order valence-electron chi connectivity index (χ4n) is 0.941. The Labute approximate surface area is 88.1 Å². The Morgan fingerprint density at radius 3 is 2.80 bits per heavy atom. The van der Waals surface area contributed by atoms with Gasteiger partial charge in [0.1, 0.15) is 6.42 Å². The predicted molar refractivity (Wildman–Crippen MR) is 54.1 cm³/mol. The molecule has 0 saturated heterocycles. The van der Waals surface area contributed by atoms with Crippen molar-refractivity contribution in [2.24, 2.45) is 0 Å². The third kappa shape index (κ3) is 3.09. The maximum absolute atomic E-state index is 11.1. The summed E-state index contributed by atoms with van der Waals surface area (Å²) in [6, 6.07) is 3.41. The summed E-state index contributed by atoms with van der Waals surface area (Å²) in [6.07, 6.45) is -0.189. The summed E-state index contributed by atoms with van der Waals surface area (Å²) in [5, 5.41) is 14.6. The Kier molecular flexibility index (Phi) is 3.10. The predicted octanol–water partition coefficient (Wildman–Crippen LogP) is 1.82. The molecule has 0 radical (unpaired) electrons. The van der Waals surface area contributed by atoms with Crippen molar-refractivity contribution in [1.29, 1.82) is 5.26 Å². The molecular weight excluding hydrogens is 194 g/mol. The number of amides is 1. The molecule has 0 aliphatic heterocycles. The molecule has 1 aromatic heterocycles. The normalized spacial score (nSPS) is 10.8. The molecule has 1 heterocycles. The molecule has 0 bridgehead atoms. The van der Waals surface area contributed by atoms with Gasteiger partial charge in [0.25, 0.3) is 0 Å². The average Bonchev–Trinajstić information content (AvgIpc) is 2.52. The van der Waals surface area contributed by atoms with E-state index < -0.39 is 5.91 Å². The lowest BCUT2D eigenvalue weighted by atomic mass is 9.92. The van der Waals surface area contributed by atoms with E-state index in [4.69, 9.17) is 9.78 Å². The van der Waals surface area contributed by atoms with Crippen molar-refractivity contribution in [2.75, 3.05) is 5.32 Å². The van der Waals surface area contributed by atoms with Gasteiger partial charge < -0.3 is 4.52 Å². The highest BCUT2D eigenvalue weighted by Crippen LogP contribution is 2.23. The second-order valence-corrected chi connectivity index (χ2v) is 4.21. The van der Waals surface area contributed by atoms with E-state index in [0.29, 0.717) is 0 Å². The Morgan fingerprint density at radius 2 is 2.33 bits per heavy atom. The number of hydrogen-bond donors (Lipinski definition) is 1. The van der Waals surface area contributed by atoms with Crippen molar-refractivity contribution in [3.63, 3.8) is 0 Å². The second-order valence-electron chi connectivity index (χ2n) is 4.21. The number of rotatable bonds is 2. The van der Waals surface area contributed by atoms with Gasteiger partial charge in [0.05, 0.1) is 11.8 Å². The standard InChI is InChI=1S/C10H13N3O2/c1-10(2,3)7-6-9(15-13-7)12-8(14)4-5-11/h6H,4H2,1-3H3,(H,12,14). The molecule has 0 saturated carbocycles. The highest BCUT2D eigenvalue weighted by molar-refractivity contribution is 5.90. The zero-order valence-corrected chi connectivity index (χ0v) is 9.00. The van der Waals surface area contributed by atoms with Crippen LogP contribution in [0.2, 0.25) is 0 Å². The van der Waals surface area contributed by atoms with Crippen molar-refractivity contribution in [3.05, 3.63) is 11.8 Å². The summed E-state index contributed by atoms with van der Waals surface area (Å²) in [5.74, 6) is -0.116. The largest absolute Gasteiger partial charge is 0.338 e. The van der Waals surface area contributed by atoms with Gasteiger partial charge in [-0.3, -0.25) is 10.1 Å². The van der Waals surface area contributed by atoms with Crippen LogP contribution in [0.15, 0.2) is 10.6 Å². The monoisotopic (exact) mass is 207 g/mol. The average molecular weight is 207 g/mol. The van der Waals surface area contributed by atoms with Gasteiger partial charge in [0.2, 0.25) is 11.8 Å². The first-order chi connectivity index (χ1) is 6.93. The summed E-state index contributed by atoms with van der Waals surface area (Å²) in [7, 11) is 0. The van der Waals surface area contributed by atoms with Crippen LogP contribution in [0.3, 0.4) is 0 Å². The quantitative estimate of drug-likeness (QED) is 0.802. The molecule has 1 aromatic rings. The minimum atomic E-state index is -0.394. The van der Waals surface area contributed by atoms with E-state index in [9.17, 15) is 4.79 Å². The third-order valence-corrected chi connectivity index (χ3v) is 1.78. The molecule has 0 spiro atoms. The van der Waals surface area contributed by atoms with Gasteiger partial charge in [-0.05, 0) is 0 Å². The van der Waals surface area contributed by atoms with Crippen LogP contribution < -0.4 is 5.32 Å². The van der Waals surface area contributed by atoms with E-state index in [2.05, 4.69) is 10.5 Å². The van der Waals surface area contributed by atoms with Gasteiger partial charge in [-0.25, -0.2) is 0 Å². The van der Waals surface area contributed by atoms with Crippen LogP contribution in [0.1, 0.15) is 32.9 Å². The fourth-order valence-corrected chi connectivity index (χ4v) is 0.941. The van der Waals surface area contributed by atoms with Crippen LogP contribution in [0, 0.1) is 11.3 Å². The fraction of sp³-hybridized carbons (Fsp3) is 0.500. The van der Waals surface area contributed by atoms with Crippen LogP contribution in [0.4, 0.5) is 5.88 Å². The van der Waals surface area contributed by atoms with Gasteiger partial charge in [0.15, 0.2) is 0 Å². The molecule has 0 aromatic carbocycles. The molecule has 1 amide bonds. The van der Waals surface area contributed by atoms with Crippen molar-refractivity contribution in [1.82, 2.24) is 5.16 Å². The molecule has 0 aliphatic carbocycles. The lowest BCUT2D eigenvalue weighted by Crippen LogP contribution is -2.11. The number of hydrogen-bond acceptors (Lipinski definition) is 4. The highest BCUT2D eigenvalue weighted by atomic mass is 16.5. The minimum Gasteiger partial charge on any atom is -0.338 e. The molecule has 80 valence electrons. The lowest BCUT2D eigenvalue weighted by Gasteiger charge is -2.12. The van der Waals surface area contributed by atoms with Crippen molar-refractivity contribution < 1.29 is 9.32 Å². The van der Waals surface area contributed by atoms with Crippen molar-refractivity contribution >= 4 is 11.8 Å². The van der Waals surface area contributed by atoms with E-state index in [0.717, 1.165) is 5.69 Å². The Hall–Kier alpha value is -1.83. The first kappa shape index (κ1) is 11.2. The van der Waals surface area contributed by atoms with Crippen LogP contribution in [-0.4, -0.2) is 11.1 Å². The number of nitriles is 1. The van der Waals surface area contributed by atoms with E-state index in [-0.39, 0.29) is 17.7 Å². The molecule has 1 N–H and O–H groups in total. The molecule has 1 rings (SSSR count). The van der Waals surface area contributed by atoms with E-state index >= 15 is 0 Å². The molecule has 0 atom stereocenters. The van der Waals surface area contributed by atoms with Crippen LogP contribution in [0.25, 0.3) is 0 Å². The van der Waals surface area contributed by atoms with E-state index in [1.165, 1.54) is 0 Å². The smallest absolute Gasteiger partial charge is 0.240 e. The summed E-state index contributed by atoms with van der Waals surface area (Å²) in [5.41, 5.74) is 0.636. The Balaban J connectivity index is 2.70. The number of carbonyl (C=O) groups is 1. The zero-order valence-electron chi connectivity index (χ0n) is 9.00. The van der Waals surface area contributed by atoms with E-state index in [1.54, 1.807) is 12.1 Å². The van der Waals surface area contributed by atoms with Gasteiger partial charge in [-0.1, -0.05) is 25.9 Å². The van der Waals surface area contributed by atoms with Gasteiger partial charge in [-0.2, -0.15) is 5.26 Å². The van der Waals surface area contributed by atoms with Gasteiger partial charge in [0, 0.05) is 11.5 Å². The number of anilines is 1. The summed E-state index contributed by atoms with van der Waals surface area (Å²) < 4.78 is 4.92. The maximum atomic E-state index is 11.1. The third-order valence-electron chi connectivity index (χ3n) is 1.78. The minimum absolute atomic E-state index is 0.123. The summed E-state index contributed by atoms with van der Waals surface area (Å²) in [4.78, 5) is 11.1. The lowest BCUT2D eigenvalue weighted by molar-refractivity contribution is -0.115. The molecule has 0 unspecified atom stereocenters. The van der Waals surface area contributed by atoms with Crippen LogP contribution >= 0.6 is 0 Å². The summed E-state index contributed by atoms with van der Waals surface area (Å²) >= 11 is 0. The first-order valence-electron chi connectivity index (χ1n) is 4.57.